The molecule has 0 aromatic heterocycles. The summed E-state index contributed by atoms with van der Waals surface area (Å²) in [6.45, 7) is 0. The average molecular weight is 220 g/mol. The Hall–Kier alpha value is -1.18. The molecule has 0 amide bonds. The molecule has 1 aliphatic rings. The Morgan fingerprint density at radius 3 is 2.38 bits per heavy atom. The minimum atomic E-state index is 0.817. The van der Waals surface area contributed by atoms with Crippen LogP contribution < -0.4 is 9.47 Å². The number of ether oxygens (including phenoxy) is 2. The third-order valence-electron chi connectivity index (χ3n) is 3.45. The van der Waals surface area contributed by atoms with Gasteiger partial charge in [0.15, 0.2) is 11.5 Å². The van der Waals surface area contributed by atoms with Crippen molar-refractivity contribution < 1.29 is 9.47 Å². The SMILES string of the molecule is COc1ccc(CC2CCCC2)cc1OC. The molecule has 0 atom stereocenters. The van der Waals surface area contributed by atoms with Gasteiger partial charge in [-0.2, -0.15) is 0 Å². The summed E-state index contributed by atoms with van der Waals surface area (Å²) < 4.78 is 10.6. The number of hydrogen-bond acceptors (Lipinski definition) is 2. The van der Waals surface area contributed by atoms with E-state index in [1.165, 1.54) is 37.7 Å². The number of rotatable bonds is 4. The smallest absolute Gasteiger partial charge is 0.160 e. The second kappa shape index (κ2) is 5.24. The van der Waals surface area contributed by atoms with Crippen LogP contribution in [0.15, 0.2) is 18.2 Å². The summed E-state index contributed by atoms with van der Waals surface area (Å²) in [5.41, 5.74) is 1.37. The molecular weight excluding hydrogens is 200 g/mol. The molecule has 0 spiro atoms. The van der Waals surface area contributed by atoms with Crippen LogP contribution in [0.5, 0.6) is 11.5 Å². The minimum absolute atomic E-state index is 0.817. The molecule has 1 aromatic rings. The van der Waals surface area contributed by atoms with E-state index in [1.54, 1.807) is 14.2 Å². The number of hydrogen-bond donors (Lipinski definition) is 0. The second-order valence-corrected chi connectivity index (χ2v) is 4.54. The molecule has 0 saturated heterocycles. The van der Waals surface area contributed by atoms with E-state index in [9.17, 15) is 0 Å². The molecule has 2 nitrogen and oxygen atoms in total. The first-order valence-corrected chi connectivity index (χ1v) is 6.04. The molecule has 0 unspecified atom stereocenters. The zero-order valence-corrected chi connectivity index (χ0v) is 10.2. The fourth-order valence-corrected chi connectivity index (χ4v) is 2.56. The Morgan fingerprint density at radius 1 is 1.06 bits per heavy atom. The highest BCUT2D eigenvalue weighted by atomic mass is 16.5. The first-order valence-electron chi connectivity index (χ1n) is 6.04. The third-order valence-corrected chi connectivity index (χ3v) is 3.45. The van der Waals surface area contributed by atoms with Crippen molar-refractivity contribution in [3.63, 3.8) is 0 Å². The van der Waals surface area contributed by atoms with E-state index in [1.807, 2.05) is 6.07 Å². The molecule has 88 valence electrons. The minimum Gasteiger partial charge on any atom is -0.493 e. The topological polar surface area (TPSA) is 18.5 Å². The third kappa shape index (κ3) is 2.49. The lowest BCUT2D eigenvalue weighted by Gasteiger charge is -2.12. The first kappa shape index (κ1) is 11.3. The Bertz CT molecular complexity index is 341. The van der Waals surface area contributed by atoms with Crippen molar-refractivity contribution in [3.05, 3.63) is 23.8 Å². The average Bonchev–Trinajstić information content (AvgIpc) is 2.81. The van der Waals surface area contributed by atoms with Crippen LogP contribution in [0.4, 0.5) is 0 Å². The van der Waals surface area contributed by atoms with Crippen molar-refractivity contribution >= 4 is 0 Å². The number of methoxy groups -OCH3 is 2. The molecule has 2 heteroatoms. The van der Waals surface area contributed by atoms with E-state index in [4.69, 9.17) is 9.47 Å². The molecule has 2 rings (SSSR count). The van der Waals surface area contributed by atoms with Crippen LogP contribution in [0.2, 0.25) is 0 Å². The van der Waals surface area contributed by atoms with Gasteiger partial charge in [0, 0.05) is 0 Å². The predicted molar refractivity (Wildman–Crippen MR) is 65.2 cm³/mol. The lowest BCUT2D eigenvalue weighted by molar-refractivity contribution is 0.354. The highest BCUT2D eigenvalue weighted by Crippen LogP contribution is 2.32. The maximum atomic E-state index is 5.32. The van der Waals surface area contributed by atoms with Gasteiger partial charge in [-0.3, -0.25) is 0 Å². The Morgan fingerprint density at radius 2 is 1.75 bits per heavy atom. The highest BCUT2D eigenvalue weighted by Gasteiger charge is 2.16. The van der Waals surface area contributed by atoms with Gasteiger partial charge < -0.3 is 9.47 Å². The molecule has 0 bridgehead atoms. The Balaban J connectivity index is 2.09. The quantitative estimate of drug-likeness (QED) is 0.774. The normalized spacial score (nSPS) is 16.4. The van der Waals surface area contributed by atoms with Crippen LogP contribution in [0.1, 0.15) is 31.2 Å². The van der Waals surface area contributed by atoms with Crippen molar-refractivity contribution in [3.8, 4) is 11.5 Å². The Kier molecular flexibility index (Phi) is 3.70. The largest absolute Gasteiger partial charge is 0.493 e. The van der Waals surface area contributed by atoms with Gasteiger partial charge in [0.05, 0.1) is 14.2 Å². The van der Waals surface area contributed by atoms with Crippen molar-refractivity contribution in [2.75, 3.05) is 14.2 Å². The van der Waals surface area contributed by atoms with E-state index in [2.05, 4.69) is 12.1 Å². The molecular formula is C14H20O2. The fourth-order valence-electron chi connectivity index (χ4n) is 2.56. The molecule has 1 fully saturated rings. The van der Waals surface area contributed by atoms with Crippen LogP contribution in [0.3, 0.4) is 0 Å². The number of benzene rings is 1. The van der Waals surface area contributed by atoms with E-state index >= 15 is 0 Å². The monoisotopic (exact) mass is 220 g/mol. The van der Waals surface area contributed by atoms with Gasteiger partial charge >= 0.3 is 0 Å². The van der Waals surface area contributed by atoms with Gasteiger partial charge in [0.2, 0.25) is 0 Å². The summed E-state index contributed by atoms with van der Waals surface area (Å²) in [6, 6.07) is 6.26. The molecule has 1 aliphatic carbocycles. The predicted octanol–water partition coefficient (Wildman–Crippen LogP) is 3.44. The standard InChI is InChI=1S/C14H20O2/c1-15-13-8-7-12(10-14(13)16-2)9-11-5-3-4-6-11/h7-8,10-11H,3-6,9H2,1-2H3. The summed E-state index contributed by atoms with van der Waals surface area (Å²) in [7, 11) is 3.37. The van der Waals surface area contributed by atoms with Crippen LogP contribution in [-0.4, -0.2) is 14.2 Å². The maximum Gasteiger partial charge on any atom is 0.160 e. The Labute approximate surface area is 97.6 Å². The van der Waals surface area contributed by atoms with Gasteiger partial charge in [0.25, 0.3) is 0 Å². The van der Waals surface area contributed by atoms with E-state index in [0.29, 0.717) is 0 Å². The van der Waals surface area contributed by atoms with E-state index < -0.39 is 0 Å². The summed E-state index contributed by atoms with van der Waals surface area (Å²) in [5.74, 6) is 2.54. The fraction of sp³-hybridized carbons (Fsp3) is 0.571. The van der Waals surface area contributed by atoms with Gasteiger partial charge in [-0.15, -0.1) is 0 Å². The lowest BCUT2D eigenvalue weighted by atomic mass is 9.98. The summed E-state index contributed by atoms with van der Waals surface area (Å²) in [6.07, 6.45) is 6.75. The molecule has 0 heterocycles. The van der Waals surface area contributed by atoms with Crippen molar-refractivity contribution in [1.82, 2.24) is 0 Å². The lowest BCUT2D eigenvalue weighted by Crippen LogP contribution is -1.99. The zero-order chi connectivity index (χ0) is 11.4. The van der Waals surface area contributed by atoms with E-state index in [-0.39, 0.29) is 0 Å². The van der Waals surface area contributed by atoms with Gasteiger partial charge in [-0.25, -0.2) is 0 Å². The zero-order valence-electron chi connectivity index (χ0n) is 10.2. The van der Waals surface area contributed by atoms with Crippen molar-refractivity contribution in [2.24, 2.45) is 5.92 Å². The second-order valence-electron chi connectivity index (χ2n) is 4.54. The van der Waals surface area contributed by atoms with Gasteiger partial charge in [0.1, 0.15) is 0 Å². The van der Waals surface area contributed by atoms with Gasteiger partial charge in [-0.05, 0) is 30.0 Å². The van der Waals surface area contributed by atoms with Crippen LogP contribution in [0, 0.1) is 5.92 Å². The maximum absolute atomic E-state index is 5.32. The van der Waals surface area contributed by atoms with Crippen LogP contribution in [-0.2, 0) is 6.42 Å². The van der Waals surface area contributed by atoms with Crippen molar-refractivity contribution in [2.45, 2.75) is 32.1 Å². The summed E-state index contributed by atoms with van der Waals surface area (Å²) in [5, 5.41) is 0. The van der Waals surface area contributed by atoms with Crippen LogP contribution in [0.25, 0.3) is 0 Å². The summed E-state index contributed by atoms with van der Waals surface area (Å²) in [4.78, 5) is 0. The molecule has 1 saturated carbocycles. The van der Waals surface area contributed by atoms with Crippen LogP contribution >= 0.6 is 0 Å². The molecule has 0 aliphatic heterocycles. The highest BCUT2D eigenvalue weighted by molar-refractivity contribution is 5.43. The van der Waals surface area contributed by atoms with Crippen molar-refractivity contribution in [1.29, 1.82) is 0 Å². The molecule has 0 N–H and O–H groups in total. The van der Waals surface area contributed by atoms with E-state index in [0.717, 1.165) is 17.4 Å². The molecule has 16 heavy (non-hydrogen) atoms. The van der Waals surface area contributed by atoms with Gasteiger partial charge in [-0.1, -0.05) is 31.7 Å². The first-order chi connectivity index (χ1) is 7.83. The molecule has 1 aromatic carbocycles. The summed E-state index contributed by atoms with van der Waals surface area (Å²) >= 11 is 0. The molecule has 0 radical (unpaired) electrons.